The highest BCUT2D eigenvalue weighted by Crippen LogP contribution is 2.31. The van der Waals surface area contributed by atoms with Crippen molar-refractivity contribution in [2.75, 3.05) is 20.2 Å². The van der Waals surface area contributed by atoms with Crippen LogP contribution in [0.1, 0.15) is 51.1 Å². The fraction of sp³-hybridized carbons (Fsp3) is 0.524. The van der Waals surface area contributed by atoms with Crippen molar-refractivity contribution in [3.63, 3.8) is 0 Å². The molecule has 0 atom stereocenters. The Hall–Kier alpha value is -2.74. The van der Waals surface area contributed by atoms with Crippen LogP contribution in [-0.2, 0) is 12.1 Å². The minimum atomic E-state index is -0.0463. The van der Waals surface area contributed by atoms with E-state index in [1.165, 1.54) is 0 Å². The second-order valence-electron chi connectivity index (χ2n) is 8.53. The summed E-state index contributed by atoms with van der Waals surface area (Å²) < 4.78 is 12.9. The molecule has 8 heteroatoms. The topological polar surface area (TPSA) is 82.1 Å². The number of nitrogens with zero attached hydrogens (tertiary/aromatic N) is 6. The molecule has 1 aliphatic heterocycles. The SMILES string of the molecule is COc1ccccc1-c1noc(C2CCN(Cc3cn(C(C)(C)C)nn3)CC2)n1. The van der Waals surface area contributed by atoms with Crippen molar-refractivity contribution in [1.29, 1.82) is 0 Å². The largest absolute Gasteiger partial charge is 0.496 e. The normalized spacial score (nSPS) is 16.3. The van der Waals surface area contributed by atoms with E-state index in [0.717, 1.165) is 49.5 Å². The predicted octanol–water partition coefficient (Wildman–Crippen LogP) is 3.47. The molecule has 0 N–H and O–H groups in total. The van der Waals surface area contributed by atoms with Crippen LogP contribution in [0.15, 0.2) is 35.0 Å². The molecule has 0 bridgehead atoms. The van der Waals surface area contributed by atoms with Gasteiger partial charge in [0.1, 0.15) is 5.75 Å². The molecule has 1 fully saturated rings. The summed E-state index contributed by atoms with van der Waals surface area (Å²) in [5.74, 6) is 2.33. The Morgan fingerprint density at radius 3 is 2.62 bits per heavy atom. The lowest BCUT2D eigenvalue weighted by Crippen LogP contribution is -2.32. The first-order valence-electron chi connectivity index (χ1n) is 10.0. The van der Waals surface area contributed by atoms with Gasteiger partial charge in [0.25, 0.3) is 0 Å². The van der Waals surface area contributed by atoms with Crippen LogP contribution in [0.2, 0.25) is 0 Å². The van der Waals surface area contributed by atoms with Crippen LogP contribution in [0, 0.1) is 0 Å². The molecule has 3 aromatic rings. The number of hydrogen-bond acceptors (Lipinski definition) is 7. The summed E-state index contributed by atoms with van der Waals surface area (Å²) in [6.45, 7) is 9.14. The summed E-state index contributed by atoms with van der Waals surface area (Å²) in [5, 5.41) is 12.8. The van der Waals surface area contributed by atoms with Crippen molar-refractivity contribution in [2.45, 2.75) is 51.6 Å². The average Bonchev–Trinajstić information content (AvgIpc) is 3.38. The van der Waals surface area contributed by atoms with Crippen molar-refractivity contribution in [3.8, 4) is 17.1 Å². The monoisotopic (exact) mass is 396 g/mol. The lowest BCUT2D eigenvalue weighted by Gasteiger charge is -2.29. The lowest BCUT2D eigenvalue weighted by atomic mass is 9.96. The zero-order valence-electron chi connectivity index (χ0n) is 17.5. The smallest absolute Gasteiger partial charge is 0.230 e. The predicted molar refractivity (Wildman–Crippen MR) is 109 cm³/mol. The van der Waals surface area contributed by atoms with Gasteiger partial charge in [0.05, 0.1) is 30.1 Å². The van der Waals surface area contributed by atoms with Crippen molar-refractivity contribution in [2.24, 2.45) is 0 Å². The molecule has 1 aromatic carbocycles. The molecule has 4 rings (SSSR count). The molecule has 8 nitrogen and oxygen atoms in total. The third-order valence-corrected chi connectivity index (χ3v) is 5.34. The van der Waals surface area contributed by atoms with Gasteiger partial charge >= 0.3 is 0 Å². The highest BCUT2D eigenvalue weighted by atomic mass is 16.5. The van der Waals surface area contributed by atoms with Crippen LogP contribution in [-0.4, -0.2) is 50.2 Å². The number of likely N-dealkylation sites (tertiary alicyclic amines) is 1. The molecule has 3 heterocycles. The summed E-state index contributed by atoms with van der Waals surface area (Å²) >= 11 is 0. The quantitative estimate of drug-likeness (QED) is 0.653. The van der Waals surface area contributed by atoms with Gasteiger partial charge in [-0.15, -0.1) is 5.10 Å². The summed E-state index contributed by atoms with van der Waals surface area (Å²) in [6.07, 6.45) is 4.02. The van der Waals surface area contributed by atoms with E-state index in [4.69, 9.17) is 9.26 Å². The zero-order chi connectivity index (χ0) is 20.4. The van der Waals surface area contributed by atoms with Crippen LogP contribution >= 0.6 is 0 Å². The van der Waals surface area contributed by atoms with Gasteiger partial charge in [0.2, 0.25) is 11.7 Å². The van der Waals surface area contributed by atoms with Gasteiger partial charge in [0, 0.05) is 12.5 Å². The maximum Gasteiger partial charge on any atom is 0.230 e. The van der Waals surface area contributed by atoms with Gasteiger partial charge in [-0.05, 0) is 58.8 Å². The number of methoxy groups -OCH3 is 1. The van der Waals surface area contributed by atoms with E-state index in [1.54, 1.807) is 7.11 Å². The molecule has 154 valence electrons. The van der Waals surface area contributed by atoms with E-state index in [0.29, 0.717) is 11.7 Å². The number of rotatable bonds is 5. The van der Waals surface area contributed by atoms with E-state index in [9.17, 15) is 0 Å². The molecule has 29 heavy (non-hydrogen) atoms. The van der Waals surface area contributed by atoms with E-state index < -0.39 is 0 Å². The fourth-order valence-corrected chi connectivity index (χ4v) is 3.61. The molecule has 0 aliphatic carbocycles. The summed E-state index contributed by atoms with van der Waals surface area (Å²) in [4.78, 5) is 7.06. The van der Waals surface area contributed by atoms with Crippen LogP contribution in [0.5, 0.6) is 5.75 Å². The van der Waals surface area contributed by atoms with Gasteiger partial charge in [-0.1, -0.05) is 22.5 Å². The highest BCUT2D eigenvalue weighted by molar-refractivity contribution is 5.63. The molecule has 0 unspecified atom stereocenters. The first-order valence-corrected chi connectivity index (χ1v) is 10.0. The molecular formula is C21H28N6O2. The summed E-state index contributed by atoms with van der Waals surface area (Å²) in [5.41, 5.74) is 1.81. The molecule has 1 saturated heterocycles. The Bertz CT molecular complexity index is 950. The maximum absolute atomic E-state index is 5.59. The Balaban J connectivity index is 1.37. The van der Waals surface area contributed by atoms with Crippen molar-refractivity contribution < 1.29 is 9.26 Å². The lowest BCUT2D eigenvalue weighted by molar-refractivity contribution is 0.186. The Labute approximate surface area is 170 Å². The standard InChI is InChI=1S/C21H28N6O2/c1-21(2,3)27-14-16(23-25-27)13-26-11-9-15(10-12-26)20-22-19(24-29-20)17-7-5-6-8-18(17)28-4/h5-8,14-15H,9-13H2,1-4H3. The first kappa shape index (κ1) is 19.6. The Kier molecular flexibility index (Phi) is 5.36. The van der Waals surface area contributed by atoms with Crippen LogP contribution < -0.4 is 4.74 Å². The number of hydrogen-bond donors (Lipinski definition) is 0. The van der Waals surface area contributed by atoms with Gasteiger partial charge in [-0.2, -0.15) is 4.98 Å². The first-order chi connectivity index (χ1) is 13.9. The molecular weight excluding hydrogens is 368 g/mol. The van der Waals surface area contributed by atoms with Crippen LogP contribution in [0.3, 0.4) is 0 Å². The third-order valence-electron chi connectivity index (χ3n) is 5.34. The maximum atomic E-state index is 5.59. The van der Waals surface area contributed by atoms with Gasteiger partial charge < -0.3 is 9.26 Å². The van der Waals surface area contributed by atoms with Crippen molar-refractivity contribution in [3.05, 3.63) is 42.0 Å². The fourth-order valence-electron chi connectivity index (χ4n) is 3.61. The number of para-hydroxylation sites is 1. The molecule has 1 aliphatic rings. The minimum Gasteiger partial charge on any atom is -0.496 e. The number of ether oxygens (including phenoxy) is 1. The number of aromatic nitrogens is 5. The second-order valence-corrected chi connectivity index (χ2v) is 8.53. The van der Waals surface area contributed by atoms with Gasteiger partial charge in [0.15, 0.2) is 0 Å². The van der Waals surface area contributed by atoms with Crippen LogP contribution in [0.25, 0.3) is 11.4 Å². The van der Waals surface area contributed by atoms with E-state index in [-0.39, 0.29) is 11.5 Å². The zero-order valence-corrected chi connectivity index (χ0v) is 17.5. The van der Waals surface area contributed by atoms with Crippen LogP contribution in [0.4, 0.5) is 0 Å². The molecule has 0 radical (unpaired) electrons. The molecule has 0 spiro atoms. The van der Waals surface area contributed by atoms with Gasteiger partial charge in [-0.3, -0.25) is 4.90 Å². The highest BCUT2D eigenvalue weighted by Gasteiger charge is 2.26. The number of benzene rings is 1. The summed E-state index contributed by atoms with van der Waals surface area (Å²) in [7, 11) is 1.65. The Morgan fingerprint density at radius 2 is 1.93 bits per heavy atom. The number of piperidine rings is 1. The second kappa shape index (κ2) is 7.94. The van der Waals surface area contributed by atoms with Crippen molar-refractivity contribution >= 4 is 0 Å². The van der Waals surface area contributed by atoms with E-state index >= 15 is 0 Å². The van der Waals surface area contributed by atoms with Gasteiger partial charge in [-0.25, -0.2) is 4.68 Å². The average molecular weight is 396 g/mol. The minimum absolute atomic E-state index is 0.0463. The van der Waals surface area contributed by atoms with E-state index in [2.05, 4.69) is 46.1 Å². The molecule has 0 saturated carbocycles. The Morgan fingerprint density at radius 1 is 1.17 bits per heavy atom. The van der Waals surface area contributed by atoms with Crippen molar-refractivity contribution in [1.82, 2.24) is 30.0 Å². The summed E-state index contributed by atoms with van der Waals surface area (Å²) in [6, 6.07) is 7.72. The van der Waals surface area contributed by atoms with E-state index in [1.807, 2.05) is 35.1 Å². The molecule has 0 amide bonds. The molecule has 2 aromatic heterocycles. The third kappa shape index (κ3) is 4.32.